The third-order valence-electron chi connectivity index (χ3n) is 3.51. The van der Waals surface area contributed by atoms with Crippen molar-refractivity contribution < 1.29 is 14.3 Å². The topological polar surface area (TPSA) is 46.6 Å². The van der Waals surface area contributed by atoms with Crippen LogP contribution in [-0.4, -0.2) is 38.0 Å². The minimum atomic E-state index is -0.305. The van der Waals surface area contributed by atoms with Gasteiger partial charge in [-0.1, -0.05) is 0 Å². The minimum Gasteiger partial charge on any atom is -0.469 e. The maximum absolute atomic E-state index is 11.7. The molecule has 0 aromatic rings. The zero-order valence-electron chi connectivity index (χ0n) is 8.79. The van der Waals surface area contributed by atoms with E-state index in [-0.39, 0.29) is 22.7 Å². The Labute approximate surface area is 83.2 Å². The molecule has 0 atom stereocenters. The standard InChI is InChI=1S/C10H15NO3/c1-11(2)7(12)9-4-10(5-9,6-9)8(13)14-3/h4-6H2,1-3H3. The largest absolute Gasteiger partial charge is 0.469 e. The Morgan fingerprint density at radius 3 is 2.00 bits per heavy atom. The molecule has 3 saturated carbocycles. The van der Waals surface area contributed by atoms with E-state index in [0.29, 0.717) is 19.3 Å². The number of amides is 1. The van der Waals surface area contributed by atoms with Crippen LogP contribution in [0, 0.1) is 10.8 Å². The summed E-state index contributed by atoms with van der Waals surface area (Å²) in [5.74, 6) is 0.00853. The van der Waals surface area contributed by atoms with Crippen LogP contribution < -0.4 is 0 Å². The molecular formula is C10H15NO3. The van der Waals surface area contributed by atoms with Crippen molar-refractivity contribution in [3.63, 3.8) is 0 Å². The van der Waals surface area contributed by atoms with E-state index in [9.17, 15) is 9.59 Å². The number of hydrogen-bond donors (Lipinski definition) is 0. The SMILES string of the molecule is COC(=O)C12CC(C(=O)N(C)C)(C1)C2. The number of esters is 1. The molecule has 0 radical (unpaired) electrons. The predicted molar refractivity (Wildman–Crippen MR) is 49.4 cm³/mol. The van der Waals surface area contributed by atoms with Gasteiger partial charge in [-0.25, -0.2) is 0 Å². The molecule has 1 amide bonds. The van der Waals surface area contributed by atoms with Crippen molar-refractivity contribution in [1.29, 1.82) is 0 Å². The Kier molecular flexibility index (Phi) is 1.69. The van der Waals surface area contributed by atoms with Gasteiger partial charge in [0.2, 0.25) is 5.91 Å². The summed E-state index contributed by atoms with van der Waals surface area (Å²) in [5.41, 5.74) is -0.530. The van der Waals surface area contributed by atoms with E-state index in [0.717, 1.165) is 0 Å². The summed E-state index contributed by atoms with van der Waals surface area (Å²) in [6.45, 7) is 0. The Bertz CT molecular complexity index is 289. The average molecular weight is 197 g/mol. The van der Waals surface area contributed by atoms with E-state index in [1.807, 2.05) is 0 Å². The molecule has 0 aromatic heterocycles. The van der Waals surface area contributed by atoms with Crippen LogP contribution in [-0.2, 0) is 14.3 Å². The fourth-order valence-corrected chi connectivity index (χ4v) is 2.92. The van der Waals surface area contributed by atoms with Gasteiger partial charge in [0.1, 0.15) is 0 Å². The first kappa shape index (κ1) is 9.49. The summed E-state index contributed by atoms with van der Waals surface area (Å²) in [6, 6.07) is 0. The summed E-state index contributed by atoms with van der Waals surface area (Å²) in [5, 5.41) is 0. The normalized spacial score (nSPS) is 37.9. The highest BCUT2D eigenvalue weighted by Crippen LogP contribution is 2.74. The van der Waals surface area contributed by atoms with Crippen molar-refractivity contribution in [2.75, 3.05) is 21.2 Å². The van der Waals surface area contributed by atoms with Crippen molar-refractivity contribution in [3.05, 3.63) is 0 Å². The number of carbonyl (C=O) groups is 2. The first-order chi connectivity index (χ1) is 6.46. The van der Waals surface area contributed by atoms with Crippen molar-refractivity contribution in [3.8, 4) is 0 Å². The van der Waals surface area contributed by atoms with E-state index in [1.165, 1.54) is 7.11 Å². The molecule has 3 rings (SSSR count). The number of ether oxygens (including phenoxy) is 1. The summed E-state index contributed by atoms with van der Waals surface area (Å²) in [4.78, 5) is 24.7. The molecule has 4 heteroatoms. The van der Waals surface area contributed by atoms with Gasteiger partial charge in [-0.15, -0.1) is 0 Å². The molecule has 2 bridgehead atoms. The molecule has 4 nitrogen and oxygen atoms in total. The molecule has 0 aromatic carbocycles. The Balaban J connectivity index is 2.01. The lowest BCUT2D eigenvalue weighted by molar-refractivity contribution is -0.227. The Morgan fingerprint density at radius 1 is 1.14 bits per heavy atom. The van der Waals surface area contributed by atoms with E-state index >= 15 is 0 Å². The third kappa shape index (κ3) is 0.885. The molecule has 0 N–H and O–H groups in total. The van der Waals surface area contributed by atoms with Crippen LogP contribution in [0.5, 0.6) is 0 Å². The molecule has 3 aliphatic carbocycles. The maximum atomic E-state index is 11.7. The maximum Gasteiger partial charge on any atom is 0.311 e. The lowest BCUT2D eigenvalue weighted by atomic mass is 9.34. The van der Waals surface area contributed by atoms with E-state index < -0.39 is 0 Å². The van der Waals surface area contributed by atoms with Crippen LogP contribution in [0.15, 0.2) is 0 Å². The predicted octanol–water partition coefficient (Wildman–Crippen LogP) is 0.418. The highest BCUT2D eigenvalue weighted by atomic mass is 16.5. The van der Waals surface area contributed by atoms with Crippen LogP contribution in [0.3, 0.4) is 0 Å². The number of rotatable bonds is 2. The fourth-order valence-electron chi connectivity index (χ4n) is 2.92. The van der Waals surface area contributed by atoms with Crippen LogP contribution >= 0.6 is 0 Å². The van der Waals surface area contributed by atoms with Crippen molar-refractivity contribution >= 4 is 11.9 Å². The highest BCUT2D eigenvalue weighted by Gasteiger charge is 2.75. The average Bonchev–Trinajstić information content (AvgIpc) is 1.98. The molecule has 3 aliphatic rings. The number of methoxy groups -OCH3 is 1. The zero-order chi connectivity index (χ0) is 10.6. The fraction of sp³-hybridized carbons (Fsp3) is 0.800. The first-order valence-electron chi connectivity index (χ1n) is 4.76. The second-order valence-corrected chi connectivity index (χ2v) is 4.78. The van der Waals surface area contributed by atoms with Gasteiger partial charge in [-0.05, 0) is 19.3 Å². The van der Waals surface area contributed by atoms with Crippen LogP contribution in [0.2, 0.25) is 0 Å². The second-order valence-electron chi connectivity index (χ2n) is 4.78. The molecule has 78 valence electrons. The Morgan fingerprint density at radius 2 is 1.64 bits per heavy atom. The Hall–Kier alpha value is -1.06. The molecule has 0 unspecified atom stereocenters. The molecular weight excluding hydrogens is 182 g/mol. The van der Waals surface area contributed by atoms with Gasteiger partial charge >= 0.3 is 5.97 Å². The number of nitrogens with zero attached hydrogens (tertiary/aromatic N) is 1. The summed E-state index contributed by atoms with van der Waals surface area (Å²) < 4.78 is 4.72. The lowest BCUT2D eigenvalue weighted by Crippen LogP contribution is -2.70. The lowest BCUT2D eigenvalue weighted by Gasteiger charge is -2.67. The molecule has 0 spiro atoms. The van der Waals surface area contributed by atoms with Crippen LogP contribution in [0.1, 0.15) is 19.3 Å². The van der Waals surface area contributed by atoms with E-state index in [2.05, 4.69) is 0 Å². The molecule has 3 fully saturated rings. The highest BCUT2D eigenvalue weighted by molar-refractivity contribution is 5.93. The van der Waals surface area contributed by atoms with Gasteiger partial charge in [0.25, 0.3) is 0 Å². The van der Waals surface area contributed by atoms with Crippen molar-refractivity contribution in [1.82, 2.24) is 4.90 Å². The summed E-state index contributed by atoms with van der Waals surface area (Å²) >= 11 is 0. The second kappa shape index (κ2) is 2.49. The van der Waals surface area contributed by atoms with Crippen molar-refractivity contribution in [2.24, 2.45) is 10.8 Å². The van der Waals surface area contributed by atoms with Crippen LogP contribution in [0.4, 0.5) is 0 Å². The number of hydrogen-bond acceptors (Lipinski definition) is 3. The van der Waals surface area contributed by atoms with Gasteiger partial charge in [0.05, 0.1) is 17.9 Å². The van der Waals surface area contributed by atoms with Gasteiger partial charge in [0, 0.05) is 14.1 Å². The van der Waals surface area contributed by atoms with Crippen LogP contribution in [0.25, 0.3) is 0 Å². The molecule has 14 heavy (non-hydrogen) atoms. The molecule has 0 aliphatic heterocycles. The third-order valence-corrected chi connectivity index (χ3v) is 3.51. The summed E-state index contributed by atoms with van der Waals surface area (Å²) in [7, 11) is 4.92. The zero-order valence-corrected chi connectivity index (χ0v) is 8.79. The number of carbonyl (C=O) groups excluding carboxylic acids is 2. The molecule has 0 heterocycles. The van der Waals surface area contributed by atoms with E-state index in [1.54, 1.807) is 19.0 Å². The molecule has 0 saturated heterocycles. The quantitative estimate of drug-likeness (QED) is 0.603. The van der Waals surface area contributed by atoms with Gasteiger partial charge in [-0.3, -0.25) is 9.59 Å². The van der Waals surface area contributed by atoms with Gasteiger partial charge in [0.15, 0.2) is 0 Å². The minimum absolute atomic E-state index is 0.147. The van der Waals surface area contributed by atoms with Crippen molar-refractivity contribution in [2.45, 2.75) is 19.3 Å². The van der Waals surface area contributed by atoms with E-state index in [4.69, 9.17) is 4.74 Å². The summed E-state index contributed by atoms with van der Waals surface area (Å²) in [6.07, 6.45) is 2.05. The van der Waals surface area contributed by atoms with Gasteiger partial charge in [-0.2, -0.15) is 0 Å². The first-order valence-corrected chi connectivity index (χ1v) is 4.76. The smallest absolute Gasteiger partial charge is 0.311 e. The monoisotopic (exact) mass is 197 g/mol. The van der Waals surface area contributed by atoms with Gasteiger partial charge < -0.3 is 9.64 Å².